The molecule has 0 atom stereocenters. The van der Waals surface area contributed by atoms with E-state index in [1.54, 1.807) is 12.1 Å². The minimum absolute atomic E-state index is 0.0154. The van der Waals surface area contributed by atoms with E-state index in [4.69, 9.17) is 9.52 Å². The van der Waals surface area contributed by atoms with Gasteiger partial charge in [-0.2, -0.15) is 0 Å². The molecule has 102 valence electrons. The van der Waals surface area contributed by atoms with Crippen LogP contribution >= 0.6 is 0 Å². The predicted molar refractivity (Wildman–Crippen MR) is 75.9 cm³/mol. The molecule has 1 heterocycles. The van der Waals surface area contributed by atoms with E-state index < -0.39 is 0 Å². The van der Waals surface area contributed by atoms with Crippen molar-refractivity contribution in [2.75, 3.05) is 0 Å². The van der Waals surface area contributed by atoms with Crippen LogP contribution in [0.3, 0.4) is 0 Å². The van der Waals surface area contributed by atoms with Gasteiger partial charge in [-0.3, -0.25) is 0 Å². The van der Waals surface area contributed by atoms with Crippen LogP contribution in [0, 0.1) is 5.82 Å². The summed E-state index contributed by atoms with van der Waals surface area (Å²) >= 11 is 0. The molecule has 0 amide bonds. The predicted octanol–water partition coefficient (Wildman–Crippen LogP) is 3.85. The highest BCUT2D eigenvalue weighted by molar-refractivity contribution is 5.78. The Balaban J connectivity index is 1.75. The first-order valence-corrected chi connectivity index (χ1v) is 6.61. The number of aryl methyl sites for hydroxylation is 2. The number of furan rings is 1. The zero-order valence-electron chi connectivity index (χ0n) is 11.0. The summed E-state index contributed by atoms with van der Waals surface area (Å²) in [5, 5.41) is 10.1. The maximum absolute atomic E-state index is 12.8. The molecule has 3 heteroatoms. The number of hydrogen-bond donors (Lipinski definition) is 1. The Morgan fingerprint density at radius 1 is 0.900 bits per heavy atom. The van der Waals surface area contributed by atoms with Crippen molar-refractivity contribution in [2.45, 2.75) is 19.4 Å². The summed E-state index contributed by atoms with van der Waals surface area (Å²) in [6.45, 7) is 0.0154. The average molecular weight is 270 g/mol. The average Bonchev–Trinajstić information content (AvgIpc) is 2.88. The van der Waals surface area contributed by atoms with Crippen molar-refractivity contribution in [1.82, 2.24) is 0 Å². The zero-order valence-corrected chi connectivity index (χ0v) is 11.0. The Hall–Kier alpha value is -2.13. The van der Waals surface area contributed by atoms with Crippen LogP contribution in [0.1, 0.15) is 16.9 Å². The van der Waals surface area contributed by atoms with E-state index in [2.05, 4.69) is 0 Å². The van der Waals surface area contributed by atoms with E-state index in [0.29, 0.717) is 0 Å². The van der Waals surface area contributed by atoms with Crippen LogP contribution < -0.4 is 0 Å². The van der Waals surface area contributed by atoms with E-state index in [9.17, 15) is 4.39 Å². The molecular weight excluding hydrogens is 255 g/mol. The lowest BCUT2D eigenvalue weighted by Gasteiger charge is -1.99. The van der Waals surface area contributed by atoms with Gasteiger partial charge in [0.2, 0.25) is 0 Å². The summed E-state index contributed by atoms with van der Waals surface area (Å²) in [5.74, 6) is 0.688. The fraction of sp³-hybridized carbons (Fsp3) is 0.176. The molecule has 0 aliphatic carbocycles. The van der Waals surface area contributed by atoms with Gasteiger partial charge in [0.05, 0.1) is 6.61 Å². The molecule has 2 nitrogen and oxygen atoms in total. The van der Waals surface area contributed by atoms with Crippen molar-refractivity contribution >= 4 is 11.0 Å². The first kappa shape index (κ1) is 12.9. The highest BCUT2D eigenvalue weighted by atomic mass is 19.1. The lowest BCUT2D eigenvalue weighted by Crippen LogP contribution is -1.89. The van der Waals surface area contributed by atoms with Crippen molar-refractivity contribution < 1.29 is 13.9 Å². The monoisotopic (exact) mass is 270 g/mol. The minimum Gasteiger partial charge on any atom is -0.461 e. The second-order valence-corrected chi connectivity index (χ2v) is 4.87. The number of halogens is 1. The molecule has 0 spiro atoms. The highest BCUT2D eigenvalue weighted by Gasteiger charge is 2.05. The fourth-order valence-corrected chi connectivity index (χ4v) is 2.27. The molecule has 0 fully saturated rings. The molecule has 0 aliphatic heterocycles. The smallest absolute Gasteiger partial charge is 0.134 e. The van der Waals surface area contributed by atoms with Gasteiger partial charge in [0, 0.05) is 11.8 Å². The Kier molecular flexibility index (Phi) is 3.52. The van der Waals surface area contributed by atoms with E-state index in [0.717, 1.165) is 40.7 Å². The van der Waals surface area contributed by atoms with Gasteiger partial charge in [0.1, 0.15) is 17.2 Å². The van der Waals surface area contributed by atoms with Crippen molar-refractivity contribution in [2.24, 2.45) is 0 Å². The van der Waals surface area contributed by atoms with Crippen molar-refractivity contribution in [3.05, 3.63) is 71.2 Å². The fourth-order valence-electron chi connectivity index (χ4n) is 2.27. The molecule has 0 aliphatic rings. The van der Waals surface area contributed by atoms with Crippen molar-refractivity contribution in [1.29, 1.82) is 0 Å². The largest absolute Gasteiger partial charge is 0.461 e. The number of hydrogen-bond acceptors (Lipinski definition) is 2. The van der Waals surface area contributed by atoms with Crippen LogP contribution in [0.5, 0.6) is 0 Å². The van der Waals surface area contributed by atoms with E-state index in [1.165, 1.54) is 12.1 Å². The normalized spacial score (nSPS) is 11.1. The molecule has 0 unspecified atom stereocenters. The maximum Gasteiger partial charge on any atom is 0.134 e. The lowest BCUT2D eigenvalue weighted by molar-refractivity contribution is 0.282. The second kappa shape index (κ2) is 5.47. The van der Waals surface area contributed by atoms with Crippen LogP contribution in [0.4, 0.5) is 4.39 Å². The Morgan fingerprint density at radius 2 is 1.65 bits per heavy atom. The topological polar surface area (TPSA) is 33.4 Å². The zero-order chi connectivity index (χ0) is 13.9. The number of rotatable bonds is 4. The third kappa shape index (κ3) is 2.73. The van der Waals surface area contributed by atoms with Gasteiger partial charge in [-0.1, -0.05) is 24.3 Å². The summed E-state index contributed by atoms with van der Waals surface area (Å²) in [4.78, 5) is 0. The maximum atomic E-state index is 12.8. The minimum atomic E-state index is -0.214. The lowest BCUT2D eigenvalue weighted by atomic mass is 10.1. The summed E-state index contributed by atoms with van der Waals surface area (Å²) in [6, 6.07) is 14.2. The Labute approximate surface area is 116 Å². The molecule has 1 N–H and O–H groups in total. The van der Waals surface area contributed by atoms with Gasteiger partial charge in [-0.25, -0.2) is 4.39 Å². The van der Waals surface area contributed by atoms with Crippen molar-refractivity contribution in [3.8, 4) is 0 Å². The van der Waals surface area contributed by atoms with Gasteiger partial charge < -0.3 is 9.52 Å². The molecule has 0 radical (unpaired) electrons. The number of fused-ring (bicyclic) bond motifs is 1. The van der Waals surface area contributed by atoms with E-state index >= 15 is 0 Å². The van der Waals surface area contributed by atoms with Crippen LogP contribution in [-0.2, 0) is 19.4 Å². The SMILES string of the molecule is OCc1ccc2cc(CCc3ccc(F)cc3)oc2c1. The van der Waals surface area contributed by atoms with Gasteiger partial charge >= 0.3 is 0 Å². The molecule has 1 aromatic heterocycles. The van der Waals surface area contributed by atoms with E-state index in [-0.39, 0.29) is 12.4 Å². The number of aliphatic hydroxyl groups excluding tert-OH is 1. The van der Waals surface area contributed by atoms with Gasteiger partial charge in [-0.15, -0.1) is 0 Å². The molecule has 20 heavy (non-hydrogen) atoms. The summed E-state index contributed by atoms with van der Waals surface area (Å²) < 4.78 is 18.6. The number of aliphatic hydroxyl groups is 1. The number of benzene rings is 2. The third-order valence-electron chi connectivity index (χ3n) is 3.39. The summed E-state index contributed by atoms with van der Waals surface area (Å²) in [5.41, 5.74) is 2.73. The standard InChI is InChI=1S/C17H15FO2/c18-15-6-2-12(3-7-15)4-8-16-10-14-5-1-13(11-19)9-17(14)20-16/h1-3,5-7,9-10,19H,4,8,11H2. The quantitative estimate of drug-likeness (QED) is 0.781. The highest BCUT2D eigenvalue weighted by Crippen LogP contribution is 2.22. The molecule has 3 rings (SSSR count). The van der Waals surface area contributed by atoms with E-state index in [1.807, 2.05) is 24.3 Å². The molecule has 0 saturated carbocycles. The molecular formula is C17H15FO2. The molecule has 0 saturated heterocycles. The Morgan fingerprint density at radius 3 is 2.40 bits per heavy atom. The molecule has 2 aromatic carbocycles. The molecule has 0 bridgehead atoms. The Bertz CT molecular complexity index is 713. The van der Waals surface area contributed by atoms with Crippen LogP contribution in [0.25, 0.3) is 11.0 Å². The second-order valence-electron chi connectivity index (χ2n) is 4.87. The summed E-state index contributed by atoms with van der Waals surface area (Å²) in [7, 11) is 0. The molecule has 3 aromatic rings. The summed E-state index contributed by atoms with van der Waals surface area (Å²) in [6.07, 6.45) is 1.59. The van der Waals surface area contributed by atoms with Crippen LogP contribution in [0.15, 0.2) is 52.9 Å². The third-order valence-corrected chi connectivity index (χ3v) is 3.39. The first-order valence-electron chi connectivity index (χ1n) is 6.61. The first-order chi connectivity index (χ1) is 9.74. The van der Waals surface area contributed by atoms with Gasteiger partial charge in [0.15, 0.2) is 0 Å². The van der Waals surface area contributed by atoms with Gasteiger partial charge in [-0.05, 0) is 41.8 Å². The van der Waals surface area contributed by atoms with Crippen molar-refractivity contribution in [3.63, 3.8) is 0 Å². The van der Waals surface area contributed by atoms with Gasteiger partial charge in [0.25, 0.3) is 0 Å². The van der Waals surface area contributed by atoms with Crippen LogP contribution in [-0.4, -0.2) is 5.11 Å². The van der Waals surface area contributed by atoms with Crippen LogP contribution in [0.2, 0.25) is 0 Å².